The van der Waals surface area contributed by atoms with Crippen LogP contribution < -0.4 is 16.2 Å². The van der Waals surface area contributed by atoms with Crippen LogP contribution in [0.4, 0.5) is 4.79 Å². The van der Waals surface area contributed by atoms with Crippen molar-refractivity contribution in [1.82, 2.24) is 24.8 Å². The zero-order valence-corrected chi connectivity index (χ0v) is 22.3. The molecule has 0 saturated carbocycles. The molecule has 0 saturated heterocycles. The summed E-state index contributed by atoms with van der Waals surface area (Å²) < 4.78 is 35.1. The van der Waals surface area contributed by atoms with E-state index in [1.807, 2.05) is 30.3 Å². The van der Waals surface area contributed by atoms with Gasteiger partial charge in [-0.25, -0.2) is 18.4 Å². The highest BCUT2D eigenvalue weighted by molar-refractivity contribution is 7.89. The average Bonchev–Trinajstić information content (AvgIpc) is 3.28. The molecule has 0 radical (unpaired) electrons. The summed E-state index contributed by atoms with van der Waals surface area (Å²) in [5, 5.41) is 16.3. The second-order valence-electron chi connectivity index (χ2n) is 9.42. The highest BCUT2D eigenvalue weighted by Crippen LogP contribution is 2.17. The van der Waals surface area contributed by atoms with Crippen LogP contribution in [-0.4, -0.2) is 71.4 Å². The number of aromatic nitrogens is 3. The Hall–Kier alpha value is -3.59. The lowest BCUT2D eigenvalue weighted by atomic mass is 10.1. The van der Waals surface area contributed by atoms with Gasteiger partial charge >= 0.3 is 6.09 Å². The summed E-state index contributed by atoms with van der Waals surface area (Å²) in [6, 6.07) is 12.3. The molecule has 39 heavy (non-hydrogen) atoms. The third-order valence-electron chi connectivity index (χ3n) is 5.47. The summed E-state index contributed by atoms with van der Waals surface area (Å²) in [7, 11) is -2.29. The number of carbonyl (C=O) groups is 2. The highest BCUT2D eigenvalue weighted by Gasteiger charge is 2.28. The third kappa shape index (κ3) is 9.58. The summed E-state index contributed by atoms with van der Waals surface area (Å²) in [4.78, 5) is 26.1. The second-order valence-corrected chi connectivity index (χ2v) is 11.1. The maximum atomic E-state index is 12.7. The van der Waals surface area contributed by atoms with Gasteiger partial charge in [-0.3, -0.25) is 9.20 Å². The number of rotatable bonds is 12. The van der Waals surface area contributed by atoms with Crippen molar-refractivity contribution < 1.29 is 27.5 Å². The van der Waals surface area contributed by atoms with Gasteiger partial charge in [0.15, 0.2) is 11.5 Å². The SMILES string of the molecule is C.CN(CCS(N)(=O)=O)C(=O)OCc1ccc2nnc([C@@H](COCc3ccccc3)NC(=O)C(C)(C)N)n2c1. The first kappa shape index (κ1) is 31.6. The largest absolute Gasteiger partial charge is 0.444 e. The molecule has 2 aromatic heterocycles. The van der Waals surface area contributed by atoms with Crippen molar-refractivity contribution in [2.24, 2.45) is 10.9 Å². The van der Waals surface area contributed by atoms with E-state index in [1.54, 1.807) is 36.6 Å². The third-order valence-corrected chi connectivity index (χ3v) is 6.23. The van der Waals surface area contributed by atoms with Crippen LogP contribution in [0.3, 0.4) is 0 Å². The molecule has 0 aliphatic rings. The molecule has 2 heterocycles. The first-order valence-corrected chi connectivity index (χ1v) is 13.5. The van der Waals surface area contributed by atoms with E-state index >= 15 is 0 Å². The normalized spacial score (nSPS) is 12.4. The van der Waals surface area contributed by atoms with Gasteiger partial charge in [-0.1, -0.05) is 43.8 Å². The summed E-state index contributed by atoms with van der Waals surface area (Å²) in [5.41, 5.74) is 6.95. The van der Waals surface area contributed by atoms with Gasteiger partial charge in [0.1, 0.15) is 12.6 Å². The molecule has 0 aliphatic carbocycles. The Kier molecular flexibility index (Phi) is 10.9. The number of amides is 2. The van der Waals surface area contributed by atoms with Crippen LogP contribution in [0.1, 0.15) is 44.3 Å². The van der Waals surface area contributed by atoms with Crippen molar-refractivity contribution in [3.05, 3.63) is 65.6 Å². The first-order valence-electron chi connectivity index (χ1n) is 11.8. The predicted octanol–water partition coefficient (Wildman–Crippen LogP) is 1.33. The fourth-order valence-electron chi connectivity index (χ4n) is 3.28. The molecule has 0 unspecified atom stereocenters. The van der Waals surface area contributed by atoms with Crippen molar-refractivity contribution in [1.29, 1.82) is 0 Å². The number of nitrogens with one attached hydrogen (secondary N) is 1. The van der Waals surface area contributed by atoms with Crippen molar-refractivity contribution in [3.63, 3.8) is 0 Å². The van der Waals surface area contributed by atoms with Crippen LogP contribution in [0.5, 0.6) is 0 Å². The zero-order chi connectivity index (χ0) is 27.9. The van der Waals surface area contributed by atoms with E-state index in [0.717, 1.165) is 10.5 Å². The van der Waals surface area contributed by atoms with Crippen molar-refractivity contribution in [2.75, 3.05) is 26.0 Å². The van der Waals surface area contributed by atoms with Crippen LogP contribution in [0, 0.1) is 0 Å². The lowest BCUT2D eigenvalue weighted by molar-refractivity contribution is -0.126. The standard InChI is InChI=1S/C24H33N7O6S.CH4/c1-24(2,25)22(32)27-19(16-36-14-17-7-5-4-6-8-17)21-29-28-20-10-9-18(13-31(20)21)15-37-23(33)30(3)11-12-38(26,34)35;/h4-10,13,19H,11-12,14-16,25H2,1-3H3,(H,27,32)(H2,26,34,35);1H4/t19-;/m1./s1. The summed E-state index contributed by atoms with van der Waals surface area (Å²) in [6.07, 6.45) is 0.981. The number of nitrogens with two attached hydrogens (primary N) is 2. The van der Waals surface area contributed by atoms with Gasteiger partial charge < -0.3 is 25.4 Å². The minimum Gasteiger partial charge on any atom is -0.444 e. The molecule has 13 nitrogen and oxygen atoms in total. The molecule has 0 bridgehead atoms. The lowest BCUT2D eigenvalue weighted by Crippen LogP contribution is -2.50. The molecule has 3 aromatic rings. The molecule has 0 spiro atoms. The van der Waals surface area contributed by atoms with Crippen LogP contribution in [0.25, 0.3) is 5.65 Å². The fourth-order valence-corrected chi connectivity index (χ4v) is 3.81. The number of fused-ring (bicyclic) bond motifs is 1. The Labute approximate surface area is 228 Å². The number of carbonyl (C=O) groups excluding carboxylic acids is 2. The monoisotopic (exact) mass is 563 g/mol. The van der Waals surface area contributed by atoms with Gasteiger partial charge in [-0.2, -0.15) is 0 Å². The second kappa shape index (κ2) is 13.5. The number of hydrogen-bond acceptors (Lipinski definition) is 9. The van der Waals surface area contributed by atoms with Crippen LogP contribution in [0.2, 0.25) is 0 Å². The molecule has 3 rings (SSSR count). The molecule has 0 aliphatic heterocycles. The molecule has 1 aromatic carbocycles. The lowest BCUT2D eigenvalue weighted by Gasteiger charge is -2.23. The summed E-state index contributed by atoms with van der Waals surface area (Å²) >= 11 is 0. The van der Waals surface area contributed by atoms with E-state index in [-0.39, 0.29) is 32.9 Å². The number of primary sulfonamides is 1. The van der Waals surface area contributed by atoms with Crippen molar-refractivity contribution in [3.8, 4) is 0 Å². The maximum absolute atomic E-state index is 12.7. The Morgan fingerprint density at radius 2 is 1.79 bits per heavy atom. The number of pyridine rings is 1. The van der Waals surface area contributed by atoms with E-state index < -0.39 is 33.6 Å². The molecule has 5 N–H and O–H groups in total. The van der Waals surface area contributed by atoms with Crippen LogP contribution in [0.15, 0.2) is 48.7 Å². The Morgan fingerprint density at radius 1 is 1.10 bits per heavy atom. The predicted molar refractivity (Wildman–Crippen MR) is 146 cm³/mol. The highest BCUT2D eigenvalue weighted by atomic mass is 32.2. The van der Waals surface area contributed by atoms with E-state index in [2.05, 4.69) is 15.5 Å². The Balaban J connectivity index is 0.00000533. The molecule has 14 heteroatoms. The minimum absolute atomic E-state index is 0. The smallest absolute Gasteiger partial charge is 0.409 e. The molecular formula is C25H37N7O6S. The molecular weight excluding hydrogens is 526 g/mol. The minimum atomic E-state index is -3.71. The van der Waals surface area contributed by atoms with Crippen LogP contribution >= 0.6 is 0 Å². The van der Waals surface area contributed by atoms with Gasteiger partial charge in [0.05, 0.1) is 24.5 Å². The van der Waals surface area contributed by atoms with E-state index in [1.165, 1.54) is 7.05 Å². The number of hydrogen-bond donors (Lipinski definition) is 3. The molecule has 1 atom stereocenters. The average molecular weight is 564 g/mol. The molecule has 0 fully saturated rings. The van der Waals surface area contributed by atoms with E-state index in [4.69, 9.17) is 20.3 Å². The number of sulfonamides is 1. The number of nitrogens with zero attached hydrogens (tertiary/aromatic N) is 4. The number of ether oxygens (including phenoxy) is 2. The topological polar surface area (TPSA) is 184 Å². The van der Waals surface area contributed by atoms with Gasteiger partial charge in [-0.15, -0.1) is 10.2 Å². The van der Waals surface area contributed by atoms with E-state index in [9.17, 15) is 18.0 Å². The fraction of sp³-hybridized carbons (Fsp3) is 0.440. The quantitative estimate of drug-likeness (QED) is 0.292. The van der Waals surface area contributed by atoms with Gasteiger partial charge in [-0.05, 0) is 25.5 Å². The maximum Gasteiger partial charge on any atom is 0.409 e. The number of benzene rings is 1. The van der Waals surface area contributed by atoms with Gasteiger partial charge in [0, 0.05) is 25.4 Å². The summed E-state index contributed by atoms with van der Waals surface area (Å²) in [6.45, 7) is 3.43. The van der Waals surface area contributed by atoms with Gasteiger partial charge in [0.25, 0.3) is 0 Å². The molecule has 214 valence electrons. The van der Waals surface area contributed by atoms with Crippen LogP contribution in [-0.2, 0) is 37.5 Å². The van der Waals surface area contributed by atoms with Crippen molar-refractivity contribution >= 4 is 27.7 Å². The van der Waals surface area contributed by atoms with Crippen molar-refractivity contribution in [2.45, 2.75) is 46.1 Å². The van der Waals surface area contributed by atoms with E-state index in [0.29, 0.717) is 23.6 Å². The first-order chi connectivity index (χ1) is 17.8. The zero-order valence-electron chi connectivity index (χ0n) is 21.5. The Bertz CT molecular complexity index is 1360. The molecule has 2 amide bonds. The summed E-state index contributed by atoms with van der Waals surface area (Å²) in [5.74, 6) is -0.368. The van der Waals surface area contributed by atoms with Gasteiger partial charge in [0.2, 0.25) is 15.9 Å². The Morgan fingerprint density at radius 3 is 2.44 bits per heavy atom.